The zero-order valence-electron chi connectivity index (χ0n) is 19.2. The van der Waals surface area contributed by atoms with Crippen LogP contribution in [-0.2, 0) is 16.4 Å². The van der Waals surface area contributed by atoms with Crippen LogP contribution in [0.4, 0.5) is 36.4 Å². The van der Waals surface area contributed by atoms with Gasteiger partial charge in [0.05, 0.1) is 21.4 Å². The summed E-state index contributed by atoms with van der Waals surface area (Å²) in [4.78, 5) is 25.7. The topological polar surface area (TPSA) is 92.3 Å². The summed E-state index contributed by atoms with van der Waals surface area (Å²) in [6.45, 7) is 3.79. The minimum Gasteiger partial charge on any atom is -0.348 e. The molecule has 37 heavy (non-hydrogen) atoms. The van der Waals surface area contributed by atoms with Gasteiger partial charge in [0.2, 0.25) is 0 Å². The Hall–Kier alpha value is -2.87. The van der Waals surface area contributed by atoms with Crippen molar-refractivity contribution < 1.29 is 48.7 Å². The molecule has 0 saturated carbocycles. The molecule has 2 atom stereocenters. The Bertz CT molecular complexity index is 1260. The lowest BCUT2D eigenvalue weighted by Gasteiger charge is -2.30. The molecular formula is C22H20ClF7N2O4S. The van der Waals surface area contributed by atoms with E-state index in [-0.39, 0.29) is 33.5 Å². The van der Waals surface area contributed by atoms with Crippen LogP contribution in [0.3, 0.4) is 0 Å². The van der Waals surface area contributed by atoms with Gasteiger partial charge in [-0.1, -0.05) is 29.8 Å². The van der Waals surface area contributed by atoms with E-state index in [9.17, 15) is 48.7 Å². The summed E-state index contributed by atoms with van der Waals surface area (Å²) in [5, 5.41) is 3.48. The van der Waals surface area contributed by atoms with Gasteiger partial charge < -0.3 is 10.6 Å². The summed E-state index contributed by atoms with van der Waals surface area (Å²) in [7, 11) is -2.89. The van der Waals surface area contributed by atoms with Gasteiger partial charge in [-0.3, -0.25) is 9.59 Å². The van der Waals surface area contributed by atoms with Crippen LogP contribution in [0.2, 0.25) is 5.02 Å². The summed E-state index contributed by atoms with van der Waals surface area (Å²) in [5.74, 6) is -1.92. The second-order valence-corrected chi connectivity index (χ2v) is 9.88. The Balaban J connectivity index is 2.42. The molecule has 0 aromatic heterocycles. The largest absolute Gasteiger partial charge is 0.435 e. The number of hydrogen-bond donors (Lipinski definition) is 3. The molecule has 0 aliphatic rings. The van der Waals surface area contributed by atoms with E-state index in [4.69, 9.17) is 11.6 Å². The quantitative estimate of drug-likeness (QED) is 0.308. The molecule has 2 amide bonds. The van der Waals surface area contributed by atoms with Crippen LogP contribution in [0.5, 0.6) is 0 Å². The molecule has 2 N–H and O–H groups in total. The van der Waals surface area contributed by atoms with E-state index in [0.717, 1.165) is 6.92 Å². The highest BCUT2D eigenvalue weighted by Gasteiger charge is 2.73. The Morgan fingerprint density at radius 2 is 1.49 bits per heavy atom. The highest BCUT2D eigenvalue weighted by atomic mass is 35.5. The maximum Gasteiger partial charge on any atom is 0.435 e. The third-order valence-electron chi connectivity index (χ3n) is 5.55. The van der Waals surface area contributed by atoms with Crippen molar-refractivity contribution in [2.24, 2.45) is 0 Å². The number of amides is 2. The van der Waals surface area contributed by atoms with Crippen molar-refractivity contribution in [1.29, 1.82) is 0 Å². The Kier molecular flexibility index (Phi) is 8.91. The zero-order valence-corrected chi connectivity index (χ0v) is 20.9. The van der Waals surface area contributed by atoms with Crippen LogP contribution in [-0.4, -0.2) is 43.9 Å². The van der Waals surface area contributed by atoms with Crippen molar-refractivity contribution in [1.82, 2.24) is 5.32 Å². The van der Waals surface area contributed by atoms with Crippen molar-refractivity contribution in [3.8, 4) is 0 Å². The average molecular weight is 577 g/mol. The first-order chi connectivity index (χ1) is 16.8. The highest BCUT2D eigenvalue weighted by molar-refractivity contribution is 7.73. The molecule has 0 bridgehead atoms. The number of rotatable bonds is 7. The number of anilines is 1. The van der Waals surface area contributed by atoms with Crippen LogP contribution in [0.15, 0.2) is 36.4 Å². The molecule has 0 unspecified atom stereocenters. The SMILES string of the molecule is Cc1cc(C(F)(C(F)(F)F)C(F)(F)F)ccc1NC(=O)c1cccc(Cl)c1C(=O)N[C@@H](C)[C@H](C)[SH](=O)=O. The van der Waals surface area contributed by atoms with Crippen molar-refractivity contribution in [2.45, 2.75) is 50.1 Å². The van der Waals surface area contributed by atoms with Crippen LogP contribution in [0.25, 0.3) is 0 Å². The molecule has 0 radical (unpaired) electrons. The third-order valence-corrected chi connectivity index (χ3v) is 6.98. The maximum absolute atomic E-state index is 14.3. The summed E-state index contributed by atoms with van der Waals surface area (Å²) >= 11 is 6.07. The van der Waals surface area contributed by atoms with Crippen LogP contribution in [0, 0.1) is 6.92 Å². The van der Waals surface area contributed by atoms with E-state index in [1.165, 1.54) is 32.0 Å². The Morgan fingerprint density at radius 1 is 0.919 bits per heavy atom. The second-order valence-electron chi connectivity index (χ2n) is 8.09. The van der Waals surface area contributed by atoms with Gasteiger partial charge >= 0.3 is 18.0 Å². The molecule has 0 heterocycles. The predicted molar refractivity (Wildman–Crippen MR) is 122 cm³/mol. The number of benzene rings is 2. The maximum atomic E-state index is 14.3. The molecule has 15 heteroatoms. The molecular weight excluding hydrogens is 557 g/mol. The third kappa shape index (κ3) is 6.17. The molecule has 6 nitrogen and oxygen atoms in total. The molecule has 2 rings (SSSR count). The molecule has 0 fully saturated rings. The highest BCUT2D eigenvalue weighted by Crippen LogP contribution is 2.53. The summed E-state index contributed by atoms with van der Waals surface area (Å²) in [6.07, 6.45) is -12.6. The fourth-order valence-electron chi connectivity index (χ4n) is 3.22. The Morgan fingerprint density at radius 3 is 1.97 bits per heavy atom. The summed E-state index contributed by atoms with van der Waals surface area (Å²) < 4.78 is 115. The predicted octanol–water partition coefficient (Wildman–Crippen LogP) is 5.31. The van der Waals surface area contributed by atoms with Gasteiger partial charge in [-0.25, -0.2) is 12.8 Å². The van der Waals surface area contributed by atoms with Crippen molar-refractivity contribution >= 4 is 39.8 Å². The second kappa shape index (κ2) is 10.9. The number of hydrogen-bond acceptors (Lipinski definition) is 4. The molecule has 204 valence electrons. The molecule has 0 saturated heterocycles. The average Bonchev–Trinajstić information content (AvgIpc) is 2.77. The number of thiol groups is 1. The van der Waals surface area contributed by atoms with Gasteiger partial charge in [0, 0.05) is 17.3 Å². The number of alkyl halides is 7. The van der Waals surface area contributed by atoms with E-state index >= 15 is 0 Å². The normalized spacial score (nSPS) is 14.3. The zero-order chi connectivity index (χ0) is 28.5. The first-order valence-corrected chi connectivity index (χ1v) is 11.9. The van der Waals surface area contributed by atoms with Crippen molar-refractivity contribution in [3.63, 3.8) is 0 Å². The fourth-order valence-corrected chi connectivity index (χ4v) is 3.92. The molecule has 0 aliphatic carbocycles. The van der Waals surface area contributed by atoms with Crippen LogP contribution >= 0.6 is 11.6 Å². The van der Waals surface area contributed by atoms with Gasteiger partial charge in [-0.2, -0.15) is 26.3 Å². The number of nitrogens with one attached hydrogen (secondary N) is 2. The van der Waals surface area contributed by atoms with Gasteiger partial charge in [-0.05, 0) is 44.5 Å². The van der Waals surface area contributed by atoms with Crippen LogP contribution in [0.1, 0.15) is 45.7 Å². The number of carbonyl (C=O) groups is 2. The van der Waals surface area contributed by atoms with Crippen molar-refractivity contribution in [2.75, 3.05) is 5.32 Å². The fraction of sp³-hybridized carbons (Fsp3) is 0.364. The summed E-state index contributed by atoms with van der Waals surface area (Å²) in [6, 6.07) is 4.06. The minimum absolute atomic E-state index is 0.193. The lowest BCUT2D eigenvalue weighted by atomic mass is 9.92. The Labute approximate surface area is 213 Å². The molecule has 2 aromatic carbocycles. The first kappa shape index (κ1) is 30.4. The number of halogens is 8. The molecule has 0 spiro atoms. The molecule has 2 aromatic rings. The number of carbonyl (C=O) groups excluding carboxylic acids is 2. The van der Waals surface area contributed by atoms with E-state index in [0.29, 0.717) is 12.1 Å². The van der Waals surface area contributed by atoms with Gasteiger partial charge in [-0.15, -0.1) is 0 Å². The van der Waals surface area contributed by atoms with Gasteiger partial charge in [0.15, 0.2) is 0 Å². The monoisotopic (exact) mass is 576 g/mol. The lowest BCUT2D eigenvalue weighted by Crippen LogP contribution is -2.50. The van der Waals surface area contributed by atoms with E-state index in [1.807, 2.05) is 0 Å². The minimum atomic E-state index is -6.31. The number of aryl methyl sites for hydroxylation is 1. The first-order valence-electron chi connectivity index (χ1n) is 10.3. The molecule has 0 aliphatic heterocycles. The van der Waals surface area contributed by atoms with E-state index in [2.05, 4.69) is 10.6 Å². The van der Waals surface area contributed by atoms with Gasteiger partial charge in [0.1, 0.15) is 10.7 Å². The summed E-state index contributed by atoms with van der Waals surface area (Å²) in [5.41, 5.74) is -8.66. The van der Waals surface area contributed by atoms with E-state index < -0.39 is 57.4 Å². The van der Waals surface area contributed by atoms with E-state index in [1.54, 1.807) is 0 Å². The van der Waals surface area contributed by atoms with Crippen molar-refractivity contribution in [3.05, 3.63) is 63.7 Å². The van der Waals surface area contributed by atoms with Gasteiger partial charge in [0.25, 0.3) is 11.8 Å². The van der Waals surface area contributed by atoms with Crippen LogP contribution < -0.4 is 10.6 Å². The smallest absolute Gasteiger partial charge is 0.348 e. The standard InChI is InChI=1S/C22H20ClF7N2O4S/c1-10-9-13(20(24,21(25,26)27)22(28,29)30)7-8-16(10)32-18(33)14-5-4-6-15(23)17(14)19(34)31-11(2)12(3)37(35)36/h4-9,11-12,37H,1-3H3,(H,31,34)(H,32,33)/t11-,12-/m0/s1. The lowest BCUT2D eigenvalue weighted by molar-refractivity contribution is -0.348.